The number of carbonyl (C=O) groups is 3. The van der Waals surface area contributed by atoms with Crippen LogP contribution in [0.15, 0.2) is 12.2 Å². The van der Waals surface area contributed by atoms with Crippen LogP contribution >= 0.6 is 0 Å². The molecule has 4 amide bonds. The van der Waals surface area contributed by atoms with Gasteiger partial charge in [0.05, 0.1) is 11.8 Å². The molecule has 4 rings (SSSR count). The van der Waals surface area contributed by atoms with Crippen LogP contribution < -0.4 is 5.32 Å². The molecule has 0 aromatic rings. The molecule has 1 saturated heterocycles. The third kappa shape index (κ3) is 3.31. The van der Waals surface area contributed by atoms with Gasteiger partial charge in [0.1, 0.15) is 0 Å². The predicted molar refractivity (Wildman–Crippen MR) is 94.6 cm³/mol. The average Bonchev–Trinajstić information content (AvgIpc) is 2.89. The number of rotatable bonds is 7. The fraction of sp³-hybridized carbons (Fsp3) is 0.737. The summed E-state index contributed by atoms with van der Waals surface area (Å²) in [6.45, 7) is 6.13. The van der Waals surface area contributed by atoms with Crippen LogP contribution in [-0.2, 0) is 9.59 Å². The fourth-order valence-electron chi connectivity index (χ4n) is 4.60. The maximum atomic E-state index is 12.7. The first-order chi connectivity index (χ1) is 12.1. The van der Waals surface area contributed by atoms with E-state index in [4.69, 9.17) is 0 Å². The van der Waals surface area contributed by atoms with Gasteiger partial charge in [-0.2, -0.15) is 0 Å². The van der Waals surface area contributed by atoms with Crippen molar-refractivity contribution in [3.63, 3.8) is 0 Å². The first-order valence-corrected chi connectivity index (χ1v) is 9.64. The standard InChI is InChI=1S/C19H29N3O3/c1-3-10-21(11-4-2)19(25)20-9-12-22-17(23)15-13-5-6-14(8-7-13)16(15)18(22)24/h5-6,13-16H,3-4,7-12H2,1-2H3,(H,20,25). The fourth-order valence-corrected chi connectivity index (χ4v) is 4.60. The summed E-state index contributed by atoms with van der Waals surface area (Å²) >= 11 is 0. The van der Waals surface area contributed by atoms with Crippen LogP contribution in [0.4, 0.5) is 4.79 Å². The molecule has 3 aliphatic carbocycles. The molecule has 2 bridgehead atoms. The Balaban J connectivity index is 1.55. The minimum Gasteiger partial charge on any atom is -0.336 e. The van der Waals surface area contributed by atoms with Crippen LogP contribution in [0.1, 0.15) is 39.5 Å². The van der Waals surface area contributed by atoms with Gasteiger partial charge in [-0.05, 0) is 37.5 Å². The molecule has 0 radical (unpaired) electrons. The third-order valence-electron chi connectivity index (χ3n) is 5.74. The van der Waals surface area contributed by atoms with E-state index in [1.807, 2.05) is 13.8 Å². The number of amides is 4. The summed E-state index contributed by atoms with van der Waals surface area (Å²) in [5.74, 6) is 0.0306. The number of hydrogen-bond acceptors (Lipinski definition) is 3. The minimum atomic E-state index is -0.163. The number of imide groups is 1. The smallest absolute Gasteiger partial charge is 0.317 e. The largest absolute Gasteiger partial charge is 0.336 e. The Bertz CT molecular complexity index is 536. The Morgan fingerprint density at radius 3 is 2.04 bits per heavy atom. The van der Waals surface area contributed by atoms with Crippen molar-refractivity contribution in [2.24, 2.45) is 23.7 Å². The second kappa shape index (κ2) is 7.58. The van der Waals surface area contributed by atoms with E-state index in [9.17, 15) is 14.4 Å². The maximum absolute atomic E-state index is 12.7. The summed E-state index contributed by atoms with van der Waals surface area (Å²) < 4.78 is 0. The van der Waals surface area contributed by atoms with Crippen molar-refractivity contribution in [3.8, 4) is 0 Å². The lowest BCUT2D eigenvalue weighted by Crippen LogP contribution is -2.45. The zero-order valence-electron chi connectivity index (χ0n) is 15.2. The third-order valence-corrected chi connectivity index (χ3v) is 5.74. The van der Waals surface area contributed by atoms with Crippen molar-refractivity contribution >= 4 is 17.8 Å². The Hall–Kier alpha value is -1.85. The van der Waals surface area contributed by atoms with E-state index in [0.29, 0.717) is 6.54 Å². The predicted octanol–water partition coefficient (Wildman–Crippen LogP) is 2.02. The highest BCUT2D eigenvalue weighted by Crippen LogP contribution is 2.49. The van der Waals surface area contributed by atoms with Crippen LogP contribution in [-0.4, -0.2) is 53.8 Å². The van der Waals surface area contributed by atoms with E-state index in [0.717, 1.165) is 38.8 Å². The number of hydrogen-bond donors (Lipinski definition) is 1. The van der Waals surface area contributed by atoms with E-state index < -0.39 is 0 Å². The molecule has 4 aliphatic rings. The van der Waals surface area contributed by atoms with Crippen molar-refractivity contribution in [3.05, 3.63) is 12.2 Å². The summed E-state index contributed by atoms with van der Waals surface area (Å²) in [5, 5.41) is 2.87. The van der Waals surface area contributed by atoms with E-state index in [-0.39, 0.29) is 48.1 Å². The van der Waals surface area contributed by atoms with Gasteiger partial charge in [-0.25, -0.2) is 4.79 Å². The van der Waals surface area contributed by atoms with Crippen LogP contribution in [0.5, 0.6) is 0 Å². The van der Waals surface area contributed by atoms with E-state index in [2.05, 4.69) is 17.5 Å². The molecule has 0 aromatic carbocycles. The zero-order valence-corrected chi connectivity index (χ0v) is 15.2. The van der Waals surface area contributed by atoms with Gasteiger partial charge in [0, 0.05) is 26.2 Å². The molecule has 0 aromatic heterocycles. The first-order valence-electron chi connectivity index (χ1n) is 9.64. The minimum absolute atomic E-state index is 0.0396. The van der Waals surface area contributed by atoms with Crippen molar-refractivity contribution in [2.75, 3.05) is 26.2 Å². The number of nitrogens with zero attached hydrogens (tertiary/aromatic N) is 2. The van der Waals surface area contributed by atoms with E-state index >= 15 is 0 Å². The molecule has 6 nitrogen and oxygen atoms in total. The lowest BCUT2D eigenvalue weighted by Gasteiger charge is -2.38. The summed E-state index contributed by atoms with van der Waals surface area (Å²) in [4.78, 5) is 40.8. The van der Waals surface area contributed by atoms with E-state index in [1.54, 1.807) is 4.90 Å². The van der Waals surface area contributed by atoms with Crippen molar-refractivity contribution in [1.82, 2.24) is 15.1 Å². The van der Waals surface area contributed by atoms with Crippen LogP contribution in [0.2, 0.25) is 0 Å². The zero-order chi connectivity index (χ0) is 18.0. The molecular weight excluding hydrogens is 318 g/mol. The number of nitrogens with one attached hydrogen (secondary N) is 1. The molecule has 4 atom stereocenters. The van der Waals surface area contributed by atoms with Crippen molar-refractivity contribution in [1.29, 1.82) is 0 Å². The maximum Gasteiger partial charge on any atom is 0.317 e. The number of urea groups is 1. The molecule has 1 N–H and O–H groups in total. The lowest BCUT2D eigenvalue weighted by molar-refractivity contribution is -0.140. The van der Waals surface area contributed by atoms with Gasteiger partial charge in [-0.3, -0.25) is 14.5 Å². The van der Waals surface area contributed by atoms with Gasteiger partial charge in [0.25, 0.3) is 0 Å². The second-order valence-electron chi connectivity index (χ2n) is 7.39. The molecule has 6 heteroatoms. The molecular formula is C19H29N3O3. The quantitative estimate of drug-likeness (QED) is 0.566. The molecule has 1 heterocycles. The van der Waals surface area contributed by atoms with Crippen molar-refractivity contribution < 1.29 is 14.4 Å². The molecule has 2 fully saturated rings. The number of carbonyl (C=O) groups excluding carboxylic acids is 3. The molecule has 25 heavy (non-hydrogen) atoms. The highest BCUT2D eigenvalue weighted by atomic mass is 16.2. The molecule has 4 unspecified atom stereocenters. The van der Waals surface area contributed by atoms with Gasteiger partial charge >= 0.3 is 6.03 Å². The molecule has 138 valence electrons. The SMILES string of the molecule is CCCN(CCC)C(=O)NCCN1C(=O)C2C3C=CC(CC3)C2C1=O. The van der Waals surface area contributed by atoms with Crippen LogP contribution in [0.3, 0.4) is 0 Å². The average molecular weight is 347 g/mol. The van der Waals surface area contributed by atoms with Gasteiger partial charge in [0.15, 0.2) is 0 Å². The van der Waals surface area contributed by atoms with Gasteiger partial charge in [0.2, 0.25) is 11.8 Å². The van der Waals surface area contributed by atoms with Crippen LogP contribution in [0, 0.1) is 23.7 Å². The molecule has 1 aliphatic heterocycles. The summed E-state index contributed by atoms with van der Waals surface area (Å²) in [7, 11) is 0. The highest BCUT2D eigenvalue weighted by molar-refractivity contribution is 6.06. The summed E-state index contributed by atoms with van der Waals surface area (Å²) in [6.07, 6.45) is 8.09. The first kappa shape index (κ1) is 18.0. The van der Waals surface area contributed by atoms with Crippen LogP contribution in [0.25, 0.3) is 0 Å². The number of fused-ring (bicyclic) bond motifs is 1. The number of allylic oxidation sites excluding steroid dienone is 2. The topological polar surface area (TPSA) is 69.7 Å². The number of likely N-dealkylation sites (tertiary alicyclic amines) is 1. The van der Waals surface area contributed by atoms with Gasteiger partial charge < -0.3 is 10.2 Å². The second-order valence-corrected chi connectivity index (χ2v) is 7.39. The Kier molecular flexibility index (Phi) is 5.45. The van der Waals surface area contributed by atoms with Gasteiger partial charge in [-0.1, -0.05) is 26.0 Å². The lowest BCUT2D eigenvalue weighted by atomic mass is 9.63. The van der Waals surface area contributed by atoms with E-state index in [1.165, 1.54) is 4.90 Å². The Morgan fingerprint density at radius 2 is 1.60 bits per heavy atom. The molecule has 0 spiro atoms. The highest BCUT2D eigenvalue weighted by Gasteiger charge is 2.56. The summed E-state index contributed by atoms with van der Waals surface area (Å²) in [5.41, 5.74) is 0. The normalized spacial score (nSPS) is 29.9. The van der Waals surface area contributed by atoms with Gasteiger partial charge in [-0.15, -0.1) is 0 Å². The molecule has 1 saturated carbocycles. The Morgan fingerprint density at radius 1 is 1.08 bits per heavy atom. The monoisotopic (exact) mass is 347 g/mol. The summed E-state index contributed by atoms with van der Waals surface area (Å²) in [6, 6.07) is -0.109. The Labute approximate surface area is 149 Å². The van der Waals surface area contributed by atoms with Crippen molar-refractivity contribution in [2.45, 2.75) is 39.5 Å².